The van der Waals surface area contributed by atoms with Crippen LogP contribution in [0.25, 0.3) is 10.8 Å². The highest BCUT2D eigenvalue weighted by atomic mass is 16.5. The molecule has 19 heavy (non-hydrogen) atoms. The Morgan fingerprint density at radius 2 is 1.89 bits per heavy atom. The number of aromatic carboxylic acids is 1. The number of benzene rings is 2. The van der Waals surface area contributed by atoms with Gasteiger partial charge in [-0.1, -0.05) is 32.4 Å². The third-order valence-corrected chi connectivity index (χ3v) is 3.29. The van der Waals surface area contributed by atoms with Crippen molar-refractivity contribution >= 4 is 16.7 Å². The number of carboxylic acids is 1. The minimum Gasteiger partial charge on any atom is -0.493 e. The van der Waals surface area contributed by atoms with Crippen molar-refractivity contribution in [3.8, 4) is 5.75 Å². The SMILES string of the molecule is CC[C@H](C)COc1ccc2cc(C(=O)O)ccc2c1. The third-order valence-electron chi connectivity index (χ3n) is 3.29. The molecule has 0 fully saturated rings. The van der Waals surface area contributed by atoms with E-state index in [2.05, 4.69) is 13.8 Å². The maximum absolute atomic E-state index is 10.9. The lowest BCUT2D eigenvalue weighted by atomic mass is 10.1. The van der Waals surface area contributed by atoms with E-state index in [0.717, 1.165) is 22.9 Å². The molecule has 0 unspecified atom stereocenters. The molecule has 0 spiro atoms. The fourth-order valence-electron chi connectivity index (χ4n) is 1.80. The van der Waals surface area contributed by atoms with Gasteiger partial charge < -0.3 is 9.84 Å². The average molecular weight is 258 g/mol. The summed E-state index contributed by atoms with van der Waals surface area (Å²) in [7, 11) is 0. The van der Waals surface area contributed by atoms with Gasteiger partial charge in [0.05, 0.1) is 12.2 Å². The average Bonchev–Trinajstić information content (AvgIpc) is 2.43. The van der Waals surface area contributed by atoms with Gasteiger partial charge >= 0.3 is 5.97 Å². The van der Waals surface area contributed by atoms with Gasteiger partial charge in [0.2, 0.25) is 0 Å². The van der Waals surface area contributed by atoms with Gasteiger partial charge in [-0.2, -0.15) is 0 Å². The van der Waals surface area contributed by atoms with Gasteiger partial charge in [-0.15, -0.1) is 0 Å². The zero-order valence-electron chi connectivity index (χ0n) is 11.2. The highest BCUT2D eigenvalue weighted by Gasteiger charge is 2.05. The predicted octanol–water partition coefficient (Wildman–Crippen LogP) is 3.96. The Balaban J connectivity index is 2.21. The number of hydrogen-bond acceptors (Lipinski definition) is 2. The summed E-state index contributed by atoms with van der Waals surface area (Å²) in [6, 6.07) is 10.8. The van der Waals surface area contributed by atoms with Gasteiger partial charge in [0.25, 0.3) is 0 Å². The predicted molar refractivity (Wildman–Crippen MR) is 75.9 cm³/mol. The summed E-state index contributed by atoms with van der Waals surface area (Å²) in [5, 5.41) is 10.9. The summed E-state index contributed by atoms with van der Waals surface area (Å²) in [6.07, 6.45) is 1.09. The molecule has 2 aromatic carbocycles. The van der Waals surface area contributed by atoms with Crippen LogP contribution in [0.3, 0.4) is 0 Å². The highest BCUT2D eigenvalue weighted by molar-refractivity contribution is 5.94. The molecule has 1 N–H and O–H groups in total. The molecule has 100 valence electrons. The molecule has 0 amide bonds. The molecular formula is C16H18O3. The summed E-state index contributed by atoms with van der Waals surface area (Å²) in [5.74, 6) is 0.458. The second-order valence-electron chi connectivity index (χ2n) is 4.85. The molecule has 0 radical (unpaired) electrons. The number of carboxylic acid groups (broad SMARTS) is 1. The lowest BCUT2D eigenvalue weighted by Crippen LogP contribution is -2.07. The number of fused-ring (bicyclic) bond motifs is 1. The van der Waals surface area contributed by atoms with Crippen LogP contribution in [-0.4, -0.2) is 17.7 Å². The Labute approximate surface area is 112 Å². The molecular weight excluding hydrogens is 240 g/mol. The molecule has 1 atom stereocenters. The molecule has 0 saturated carbocycles. The van der Waals surface area contributed by atoms with Gasteiger partial charge in [-0.25, -0.2) is 4.79 Å². The molecule has 2 rings (SSSR count). The summed E-state index contributed by atoms with van der Waals surface area (Å²) >= 11 is 0. The number of carbonyl (C=O) groups is 1. The first-order valence-electron chi connectivity index (χ1n) is 6.50. The van der Waals surface area contributed by atoms with E-state index in [1.165, 1.54) is 0 Å². The fourth-order valence-corrected chi connectivity index (χ4v) is 1.80. The molecule has 0 bridgehead atoms. The smallest absolute Gasteiger partial charge is 0.335 e. The van der Waals surface area contributed by atoms with Crippen molar-refractivity contribution in [1.29, 1.82) is 0 Å². The Bertz CT molecular complexity index is 590. The van der Waals surface area contributed by atoms with Crippen molar-refractivity contribution in [2.45, 2.75) is 20.3 Å². The molecule has 0 aliphatic carbocycles. The second kappa shape index (κ2) is 5.74. The molecule has 3 nitrogen and oxygen atoms in total. The van der Waals surface area contributed by atoms with Crippen molar-refractivity contribution < 1.29 is 14.6 Å². The number of rotatable bonds is 5. The van der Waals surface area contributed by atoms with Crippen LogP contribution in [0.2, 0.25) is 0 Å². The van der Waals surface area contributed by atoms with Crippen LogP contribution in [0.1, 0.15) is 30.6 Å². The summed E-state index contributed by atoms with van der Waals surface area (Å²) in [4.78, 5) is 10.9. The van der Waals surface area contributed by atoms with Gasteiger partial charge in [0.15, 0.2) is 0 Å². The van der Waals surface area contributed by atoms with Crippen LogP contribution in [0.15, 0.2) is 36.4 Å². The van der Waals surface area contributed by atoms with Crippen LogP contribution in [-0.2, 0) is 0 Å². The minimum absolute atomic E-state index is 0.306. The quantitative estimate of drug-likeness (QED) is 0.882. The van der Waals surface area contributed by atoms with E-state index in [1.54, 1.807) is 12.1 Å². The number of ether oxygens (including phenoxy) is 1. The molecule has 0 saturated heterocycles. The standard InChI is InChI=1S/C16H18O3/c1-3-11(2)10-19-15-7-6-12-8-14(16(17)18)5-4-13(12)9-15/h4-9,11H,3,10H2,1-2H3,(H,17,18)/t11-/m0/s1. The van der Waals surface area contributed by atoms with E-state index in [9.17, 15) is 4.79 Å². The first-order valence-corrected chi connectivity index (χ1v) is 6.50. The molecule has 0 heterocycles. The van der Waals surface area contributed by atoms with Crippen LogP contribution < -0.4 is 4.74 Å². The first-order chi connectivity index (χ1) is 9.10. The topological polar surface area (TPSA) is 46.5 Å². The Hall–Kier alpha value is -2.03. The van der Waals surface area contributed by atoms with E-state index in [0.29, 0.717) is 18.1 Å². The molecule has 0 aliphatic heterocycles. The monoisotopic (exact) mass is 258 g/mol. The van der Waals surface area contributed by atoms with Crippen molar-refractivity contribution in [3.05, 3.63) is 42.0 Å². The second-order valence-corrected chi connectivity index (χ2v) is 4.85. The maximum atomic E-state index is 10.9. The van der Waals surface area contributed by atoms with Crippen LogP contribution >= 0.6 is 0 Å². The van der Waals surface area contributed by atoms with Gasteiger partial charge in [0, 0.05) is 0 Å². The molecule has 0 aromatic heterocycles. The van der Waals surface area contributed by atoms with Crippen molar-refractivity contribution in [3.63, 3.8) is 0 Å². The van der Waals surface area contributed by atoms with E-state index >= 15 is 0 Å². The first kappa shape index (κ1) is 13.4. The Kier molecular flexibility index (Phi) is 4.05. The zero-order valence-corrected chi connectivity index (χ0v) is 11.2. The van der Waals surface area contributed by atoms with Crippen LogP contribution in [0.4, 0.5) is 0 Å². The summed E-state index contributed by atoms with van der Waals surface area (Å²) in [6.45, 7) is 5.00. The van der Waals surface area contributed by atoms with E-state index in [1.807, 2.05) is 24.3 Å². The minimum atomic E-state index is -0.904. The largest absolute Gasteiger partial charge is 0.493 e. The number of hydrogen-bond donors (Lipinski definition) is 1. The normalized spacial score (nSPS) is 12.3. The maximum Gasteiger partial charge on any atom is 0.335 e. The van der Waals surface area contributed by atoms with Crippen LogP contribution in [0, 0.1) is 5.92 Å². The molecule has 3 heteroatoms. The van der Waals surface area contributed by atoms with Crippen molar-refractivity contribution in [2.75, 3.05) is 6.61 Å². The lowest BCUT2D eigenvalue weighted by Gasteiger charge is -2.11. The molecule has 2 aromatic rings. The third kappa shape index (κ3) is 3.25. The summed E-state index contributed by atoms with van der Waals surface area (Å²) in [5.41, 5.74) is 0.306. The Morgan fingerprint density at radius 1 is 1.21 bits per heavy atom. The fraction of sp³-hybridized carbons (Fsp3) is 0.312. The van der Waals surface area contributed by atoms with Gasteiger partial charge in [0.1, 0.15) is 5.75 Å². The Morgan fingerprint density at radius 3 is 2.58 bits per heavy atom. The van der Waals surface area contributed by atoms with Crippen molar-refractivity contribution in [2.24, 2.45) is 5.92 Å². The highest BCUT2D eigenvalue weighted by Crippen LogP contribution is 2.22. The van der Waals surface area contributed by atoms with E-state index in [4.69, 9.17) is 9.84 Å². The van der Waals surface area contributed by atoms with Crippen LogP contribution in [0.5, 0.6) is 5.75 Å². The van der Waals surface area contributed by atoms with Gasteiger partial charge in [-0.3, -0.25) is 0 Å². The van der Waals surface area contributed by atoms with E-state index in [-0.39, 0.29) is 0 Å². The van der Waals surface area contributed by atoms with Crippen molar-refractivity contribution in [1.82, 2.24) is 0 Å². The van der Waals surface area contributed by atoms with Gasteiger partial charge in [-0.05, 0) is 41.0 Å². The summed E-state index contributed by atoms with van der Waals surface area (Å²) < 4.78 is 5.73. The zero-order chi connectivity index (χ0) is 13.8. The van der Waals surface area contributed by atoms with E-state index < -0.39 is 5.97 Å². The lowest BCUT2D eigenvalue weighted by molar-refractivity contribution is 0.0697. The molecule has 0 aliphatic rings.